The molecule has 0 atom stereocenters. The second kappa shape index (κ2) is 9.14. The quantitative estimate of drug-likeness (QED) is 0.663. The molecule has 0 spiro atoms. The zero-order chi connectivity index (χ0) is 17.5. The Kier molecular flexibility index (Phi) is 7.18. The molecular formula is C17H22Cl2N2O3. The molecule has 1 aliphatic carbocycles. The molecule has 5 nitrogen and oxygen atoms in total. The van der Waals surface area contributed by atoms with Gasteiger partial charge in [0.25, 0.3) is 0 Å². The van der Waals surface area contributed by atoms with E-state index in [0.717, 1.165) is 18.4 Å². The van der Waals surface area contributed by atoms with Crippen LogP contribution in [0.4, 0.5) is 4.79 Å². The van der Waals surface area contributed by atoms with Crippen molar-refractivity contribution >= 4 is 35.2 Å². The van der Waals surface area contributed by atoms with Crippen LogP contribution in [0.15, 0.2) is 18.2 Å². The fourth-order valence-corrected chi connectivity index (χ4v) is 3.43. The number of hydrogen-bond donors (Lipinski definition) is 3. The van der Waals surface area contributed by atoms with Crippen LogP contribution >= 0.6 is 23.2 Å². The van der Waals surface area contributed by atoms with Crippen molar-refractivity contribution in [3.63, 3.8) is 0 Å². The van der Waals surface area contributed by atoms with E-state index in [0.29, 0.717) is 42.3 Å². The Morgan fingerprint density at radius 3 is 2.50 bits per heavy atom. The summed E-state index contributed by atoms with van der Waals surface area (Å²) in [6.07, 6.45) is 4.21. The Bertz CT molecular complexity index is 587. The van der Waals surface area contributed by atoms with Crippen molar-refractivity contribution in [1.29, 1.82) is 0 Å². The summed E-state index contributed by atoms with van der Waals surface area (Å²) < 4.78 is 0. The number of carbonyl (C=O) groups is 2. The molecule has 0 bridgehead atoms. The molecule has 0 aromatic heterocycles. The molecule has 1 saturated carbocycles. The van der Waals surface area contributed by atoms with Gasteiger partial charge in [-0.2, -0.15) is 0 Å². The summed E-state index contributed by atoms with van der Waals surface area (Å²) in [5.41, 5.74) is 1.01. The van der Waals surface area contributed by atoms with Crippen molar-refractivity contribution in [3.8, 4) is 0 Å². The molecular weight excluding hydrogens is 351 g/mol. The summed E-state index contributed by atoms with van der Waals surface area (Å²) in [6.45, 7) is 0.551. The van der Waals surface area contributed by atoms with Gasteiger partial charge in [0, 0.05) is 22.6 Å². The van der Waals surface area contributed by atoms with Gasteiger partial charge in [0.2, 0.25) is 0 Å². The van der Waals surface area contributed by atoms with Crippen LogP contribution in [0.2, 0.25) is 10.0 Å². The van der Waals surface area contributed by atoms with E-state index in [2.05, 4.69) is 10.6 Å². The third-order valence-electron chi connectivity index (χ3n) is 4.34. The van der Waals surface area contributed by atoms with Crippen molar-refractivity contribution < 1.29 is 14.7 Å². The molecule has 3 N–H and O–H groups in total. The number of amides is 2. The van der Waals surface area contributed by atoms with Crippen molar-refractivity contribution in [1.82, 2.24) is 10.6 Å². The lowest BCUT2D eigenvalue weighted by Crippen LogP contribution is -2.44. The van der Waals surface area contributed by atoms with Gasteiger partial charge in [-0.15, -0.1) is 0 Å². The Morgan fingerprint density at radius 1 is 1.17 bits per heavy atom. The van der Waals surface area contributed by atoms with Gasteiger partial charge in [-0.3, -0.25) is 4.79 Å². The zero-order valence-corrected chi connectivity index (χ0v) is 14.9. The van der Waals surface area contributed by atoms with E-state index in [1.54, 1.807) is 12.1 Å². The molecule has 1 fully saturated rings. The standard InChI is InChI=1S/C17H22Cl2N2O3/c18-13-6-3-11(15(19)10-13)2-1-9-20-17(24)21-14-7-4-12(5-8-14)16(22)23/h3,6,10,12,14H,1-2,4-5,7-9H2,(H,22,23)(H2,20,21,24). The van der Waals surface area contributed by atoms with Crippen LogP contribution in [0.1, 0.15) is 37.7 Å². The van der Waals surface area contributed by atoms with Gasteiger partial charge in [-0.25, -0.2) is 4.79 Å². The van der Waals surface area contributed by atoms with Crippen LogP contribution in [-0.2, 0) is 11.2 Å². The molecule has 132 valence electrons. The molecule has 1 aromatic rings. The highest BCUT2D eigenvalue weighted by molar-refractivity contribution is 6.35. The summed E-state index contributed by atoms with van der Waals surface area (Å²) in [4.78, 5) is 22.8. The second-order valence-electron chi connectivity index (χ2n) is 6.13. The summed E-state index contributed by atoms with van der Waals surface area (Å²) in [7, 11) is 0. The number of aryl methyl sites for hydroxylation is 1. The first-order valence-corrected chi connectivity index (χ1v) is 8.92. The van der Waals surface area contributed by atoms with Crippen LogP contribution in [-0.4, -0.2) is 29.7 Å². The third-order valence-corrected chi connectivity index (χ3v) is 4.92. The number of carbonyl (C=O) groups excluding carboxylic acids is 1. The van der Waals surface area contributed by atoms with E-state index in [9.17, 15) is 9.59 Å². The Balaban J connectivity index is 1.62. The van der Waals surface area contributed by atoms with E-state index >= 15 is 0 Å². The van der Waals surface area contributed by atoms with Gasteiger partial charge >= 0.3 is 12.0 Å². The van der Waals surface area contributed by atoms with Crippen LogP contribution in [0.25, 0.3) is 0 Å². The Morgan fingerprint density at radius 2 is 1.88 bits per heavy atom. The first-order valence-electron chi connectivity index (χ1n) is 8.17. The minimum absolute atomic E-state index is 0.0614. The summed E-state index contributed by atoms with van der Waals surface area (Å²) in [5, 5.41) is 16.0. The van der Waals surface area contributed by atoms with Gasteiger partial charge in [-0.05, 0) is 56.2 Å². The van der Waals surface area contributed by atoms with Crippen LogP contribution in [0.3, 0.4) is 0 Å². The lowest BCUT2D eigenvalue weighted by Gasteiger charge is -2.26. The molecule has 2 amide bonds. The molecule has 0 heterocycles. The topological polar surface area (TPSA) is 78.4 Å². The maximum absolute atomic E-state index is 11.9. The van der Waals surface area contributed by atoms with Crippen molar-refractivity contribution in [2.45, 2.75) is 44.6 Å². The van der Waals surface area contributed by atoms with Gasteiger partial charge < -0.3 is 15.7 Å². The number of benzene rings is 1. The van der Waals surface area contributed by atoms with E-state index < -0.39 is 5.97 Å². The molecule has 0 radical (unpaired) electrons. The fourth-order valence-electron chi connectivity index (χ4n) is 2.93. The predicted octanol–water partition coefficient (Wildman–Crippen LogP) is 3.87. The normalized spacial score (nSPS) is 20.4. The monoisotopic (exact) mass is 372 g/mol. The highest BCUT2D eigenvalue weighted by Gasteiger charge is 2.26. The van der Waals surface area contributed by atoms with Crippen LogP contribution < -0.4 is 10.6 Å². The number of urea groups is 1. The van der Waals surface area contributed by atoms with E-state index in [4.69, 9.17) is 28.3 Å². The van der Waals surface area contributed by atoms with Crippen LogP contribution in [0.5, 0.6) is 0 Å². The summed E-state index contributed by atoms with van der Waals surface area (Å²) >= 11 is 12.0. The van der Waals surface area contributed by atoms with Crippen molar-refractivity contribution in [3.05, 3.63) is 33.8 Å². The van der Waals surface area contributed by atoms with E-state index in [-0.39, 0.29) is 18.0 Å². The first kappa shape index (κ1) is 18.9. The number of carboxylic acid groups (broad SMARTS) is 1. The maximum atomic E-state index is 11.9. The van der Waals surface area contributed by atoms with Gasteiger partial charge in [-0.1, -0.05) is 29.3 Å². The highest BCUT2D eigenvalue weighted by atomic mass is 35.5. The van der Waals surface area contributed by atoms with E-state index in [1.165, 1.54) is 0 Å². The molecule has 0 saturated heterocycles. The second-order valence-corrected chi connectivity index (χ2v) is 6.97. The van der Waals surface area contributed by atoms with E-state index in [1.807, 2.05) is 6.07 Å². The molecule has 2 rings (SSSR count). The zero-order valence-electron chi connectivity index (χ0n) is 13.4. The lowest BCUT2D eigenvalue weighted by molar-refractivity contribution is -0.142. The number of carboxylic acids is 1. The number of aliphatic carboxylic acids is 1. The number of halogens is 2. The smallest absolute Gasteiger partial charge is 0.315 e. The number of rotatable bonds is 6. The van der Waals surface area contributed by atoms with Gasteiger partial charge in [0.15, 0.2) is 0 Å². The SMILES string of the molecule is O=C(NCCCc1ccc(Cl)cc1Cl)NC1CCC(C(=O)O)CC1. The Labute approximate surface area is 151 Å². The first-order chi connectivity index (χ1) is 11.5. The molecule has 24 heavy (non-hydrogen) atoms. The third kappa shape index (κ3) is 5.87. The molecule has 7 heteroatoms. The largest absolute Gasteiger partial charge is 0.481 e. The fraction of sp³-hybridized carbons (Fsp3) is 0.529. The molecule has 1 aromatic carbocycles. The van der Waals surface area contributed by atoms with Crippen LogP contribution in [0, 0.1) is 5.92 Å². The highest BCUT2D eigenvalue weighted by Crippen LogP contribution is 2.24. The lowest BCUT2D eigenvalue weighted by atomic mass is 9.86. The maximum Gasteiger partial charge on any atom is 0.315 e. The van der Waals surface area contributed by atoms with Crippen molar-refractivity contribution in [2.24, 2.45) is 5.92 Å². The predicted molar refractivity (Wildman–Crippen MR) is 94.7 cm³/mol. The summed E-state index contributed by atoms with van der Waals surface area (Å²) in [6, 6.07) is 5.27. The minimum atomic E-state index is -0.737. The minimum Gasteiger partial charge on any atom is -0.481 e. The summed E-state index contributed by atoms with van der Waals surface area (Å²) in [5.74, 6) is -1.01. The van der Waals surface area contributed by atoms with Crippen molar-refractivity contribution in [2.75, 3.05) is 6.54 Å². The number of hydrogen-bond acceptors (Lipinski definition) is 2. The average Bonchev–Trinajstić information content (AvgIpc) is 2.53. The average molecular weight is 373 g/mol. The molecule has 0 aliphatic heterocycles. The van der Waals surface area contributed by atoms with Gasteiger partial charge in [0.1, 0.15) is 0 Å². The van der Waals surface area contributed by atoms with Gasteiger partial charge in [0.05, 0.1) is 5.92 Å². The molecule has 0 unspecified atom stereocenters. The molecule has 1 aliphatic rings. The number of nitrogens with one attached hydrogen (secondary N) is 2. The Hall–Kier alpha value is -1.46.